The molecule has 1 saturated heterocycles. The molecule has 6 heteroatoms. The van der Waals surface area contributed by atoms with Crippen molar-refractivity contribution in [2.75, 3.05) is 26.2 Å². The number of halogens is 1. The fourth-order valence-corrected chi connectivity index (χ4v) is 2.94. The maximum Gasteiger partial charge on any atom is 0.168 e. The highest BCUT2D eigenvalue weighted by Crippen LogP contribution is 2.22. The second-order valence-corrected chi connectivity index (χ2v) is 5.84. The van der Waals surface area contributed by atoms with Crippen LogP contribution in [0.25, 0.3) is 0 Å². The van der Waals surface area contributed by atoms with Crippen LogP contribution in [0.15, 0.2) is 0 Å². The van der Waals surface area contributed by atoms with Crippen LogP contribution in [-0.2, 0) is 22.5 Å². The average Bonchev–Trinajstić information content (AvgIpc) is 2.75. The number of hydrogen-bond acceptors (Lipinski definition) is 4. The summed E-state index contributed by atoms with van der Waals surface area (Å²) in [5, 5.41) is 4.96. The number of aryl methyl sites for hydroxylation is 2. The fourth-order valence-electron chi connectivity index (χ4n) is 2.73. The van der Waals surface area contributed by atoms with Crippen molar-refractivity contribution >= 4 is 17.4 Å². The number of ketones is 1. The molecule has 0 radical (unpaired) electrons. The Morgan fingerprint density at radius 1 is 1.48 bits per heavy atom. The number of hydrogen-bond donors (Lipinski definition) is 0. The maximum absolute atomic E-state index is 12.5. The van der Waals surface area contributed by atoms with Crippen molar-refractivity contribution in [3.63, 3.8) is 0 Å². The predicted octanol–water partition coefficient (Wildman–Crippen LogP) is 2.09. The highest BCUT2D eigenvalue weighted by molar-refractivity contribution is 6.32. The summed E-state index contributed by atoms with van der Waals surface area (Å²) in [6.45, 7) is 9.95. The molecular formula is C15H24ClN3O2. The van der Waals surface area contributed by atoms with Gasteiger partial charge in [-0.15, -0.1) is 0 Å². The van der Waals surface area contributed by atoms with Crippen molar-refractivity contribution in [2.24, 2.45) is 0 Å². The highest BCUT2D eigenvalue weighted by atomic mass is 35.5. The Morgan fingerprint density at radius 2 is 2.24 bits per heavy atom. The van der Waals surface area contributed by atoms with Crippen molar-refractivity contribution in [1.29, 1.82) is 0 Å². The van der Waals surface area contributed by atoms with Crippen molar-refractivity contribution in [3.05, 3.63) is 16.4 Å². The van der Waals surface area contributed by atoms with Crippen LogP contribution in [0.5, 0.6) is 0 Å². The van der Waals surface area contributed by atoms with E-state index in [4.69, 9.17) is 16.3 Å². The van der Waals surface area contributed by atoms with Gasteiger partial charge in [0.1, 0.15) is 6.10 Å². The van der Waals surface area contributed by atoms with Gasteiger partial charge in [0, 0.05) is 19.6 Å². The monoisotopic (exact) mass is 313 g/mol. The molecule has 0 aromatic carbocycles. The van der Waals surface area contributed by atoms with Gasteiger partial charge < -0.3 is 4.74 Å². The number of carbonyl (C=O) groups is 1. The van der Waals surface area contributed by atoms with Crippen LogP contribution in [0.2, 0.25) is 5.02 Å². The Morgan fingerprint density at radius 3 is 2.90 bits per heavy atom. The van der Waals surface area contributed by atoms with E-state index in [2.05, 4.69) is 16.9 Å². The minimum absolute atomic E-state index is 0.0901. The molecule has 2 rings (SSSR count). The molecule has 0 saturated carbocycles. The Labute approximate surface area is 131 Å². The number of ether oxygens (including phenoxy) is 1. The van der Waals surface area contributed by atoms with E-state index >= 15 is 0 Å². The lowest BCUT2D eigenvalue weighted by molar-refractivity contribution is -0.135. The molecule has 0 spiro atoms. The van der Waals surface area contributed by atoms with E-state index in [0.29, 0.717) is 24.7 Å². The van der Waals surface area contributed by atoms with E-state index in [9.17, 15) is 4.79 Å². The first-order valence-electron chi connectivity index (χ1n) is 7.65. The third-order valence-corrected chi connectivity index (χ3v) is 4.34. The van der Waals surface area contributed by atoms with E-state index in [1.54, 1.807) is 0 Å². The van der Waals surface area contributed by atoms with Gasteiger partial charge in [-0.25, -0.2) is 0 Å². The number of aromatic nitrogens is 2. The molecule has 1 aromatic rings. The van der Waals surface area contributed by atoms with E-state index in [-0.39, 0.29) is 18.3 Å². The minimum atomic E-state index is -0.345. The van der Waals surface area contributed by atoms with Crippen LogP contribution in [0.1, 0.15) is 31.7 Å². The fraction of sp³-hybridized carbons (Fsp3) is 0.733. The number of Topliss-reactive ketones (excluding diaryl/α,β-unsaturated/α-hetero) is 1. The van der Waals surface area contributed by atoms with Gasteiger partial charge >= 0.3 is 0 Å². The lowest BCUT2D eigenvalue weighted by Gasteiger charge is -2.31. The summed E-state index contributed by atoms with van der Waals surface area (Å²) in [6, 6.07) is 0. The minimum Gasteiger partial charge on any atom is -0.368 e. The summed E-state index contributed by atoms with van der Waals surface area (Å²) in [4.78, 5) is 14.8. The molecule has 5 nitrogen and oxygen atoms in total. The molecule has 1 aliphatic heterocycles. The zero-order valence-electron chi connectivity index (χ0n) is 13.1. The van der Waals surface area contributed by atoms with Crippen molar-refractivity contribution in [2.45, 2.75) is 46.3 Å². The molecular weight excluding hydrogens is 290 g/mol. The van der Waals surface area contributed by atoms with Crippen LogP contribution >= 0.6 is 11.6 Å². The number of carbonyl (C=O) groups excluding carboxylic acids is 1. The molecule has 1 aliphatic rings. The summed E-state index contributed by atoms with van der Waals surface area (Å²) in [6.07, 6.45) is 1.04. The summed E-state index contributed by atoms with van der Waals surface area (Å²) in [7, 11) is 0. The second kappa shape index (κ2) is 7.38. The van der Waals surface area contributed by atoms with Crippen molar-refractivity contribution in [1.82, 2.24) is 14.7 Å². The lowest BCUT2D eigenvalue weighted by Crippen LogP contribution is -2.46. The molecule has 0 bridgehead atoms. The Kier molecular flexibility index (Phi) is 5.79. The number of morpholine rings is 1. The molecule has 0 amide bonds. The van der Waals surface area contributed by atoms with Crippen LogP contribution in [0, 0.1) is 6.92 Å². The van der Waals surface area contributed by atoms with Gasteiger partial charge in [-0.05, 0) is 26.8 Å². The van der Waals surface area contributed by atoms with Crippen LogP contribution in [-0.4, -0.2) is 52.8 Å². The first-order valence-corrected chi connectivity index (χ1v) is 8.03. The number of rotatable bonds is 6. The lowest BCUT2D eigenvalue weighted by atomic mass is 10.1. The van der Waals surface area contributed by atoms with Gasteiger partial charge in [0.25, 0.3) is 0 Å². The normalized spacial score (nSPS) is 19.9. The highest BCUT2D eigenvalue weighted by Gasteiger charge is 2.28. The van der Waals surface area contributed by atoms with Crippen molar-refractivity contribution < 1.29 is 9.53 Å². The Bertz CT molecular complexity index is 499. The Hall–Kier alpha value is -0.910. The van der Waals surface area contributed by atoms with Gasteiger partial charge in [-0.2, -0.15) is 5.10 Å². The van der Waals surface area contributed by atoms with E-state index in [0.717, 1.165) is 30.9 Å². The molecule has 1 atom stereocenters. The molecule has 2 heterocycles. The van der Waals surface area contributed by atoms with Crippen LogP contribution in [0.3, 0.4) is 0 Å². The van der Waals surface area contributed by atoms with E-state index < -0.39 is 0 Å². The maximum atomic E-state index is 12.5. The largest absolute Gasteiger partial charge is 0.368 e. The molecule has 1 fully saturated rings. The zero-order chi connectivity index (χ0) is 15.4. The molecule has 0 N–H and O–H groups in total. The topological polar surface area (TPSA) is 47.4 Å². The third-order valence-electron chi connectivity index (χ3n) is 3.84. The van der Waals surface area contributed by atoms with Crippen molar-refractivity contribution in [3.8, 4) is 0 Å². The molecule has 0 aliphatic carbocycles. The average molecular weight is 314 g/mol. The smallest absolute Gasteiger partial charge is 0.168 e. The van der Waals surface area contributed by atoms with Gasteiger partial charge in [-0.3, -0.25) is 14.4 Å². The zero-order valence-corrected chi connectivity index (χ0v) is 13.8. The van der Waals surface area contributed by atoms with Crippen LogP contribution < -0.4 is 0 Å². The second-order valence-electron chi connectivity index (χ2n) is 5.46. The molecule has 21 heavy (non-hydrogen) atoms. The predicted molar refractivity (Wildman–Crippen MR) is 82.8 cm³/mol. The summed E-state index contributed by atoms with van der Waals surface area (Å²) < 4.78 is 7.45. The third kappa shape index (κ3) is 3.84. The van der Waals surface area contributed by atoms with E-state index in [1.165, 1.54) is 0 Å². The van der Waals surface area contributed by atoms with Gasteiger partial charge in [-0.1, -0.05) is 18.5 Å². The molecule has 1 unspecified atom stereocenters. The van der Waals surface area contributed by atoms with Gasteiger partial charge in [0.05, 0.1) is 29.4 Å². The van der Waals surface area contributed by atoms with E-state index in [1.807, 2.05) is 18.5 Å². The summed E-state index contributed by atoms with van der Waals surface area (Å²) in [5.41, 5.74) is 1.58. The molecule has 118 valence electrons. The molecule has 1 aromatic heterocycles. The standard InChI is InChI=1S/C15H24ClN3O2/c1-4-6-18-7-8-21-14(10-18)13(20)9-12-15(16)11(3)17-19(12)5-2/h14H,4-10H2,1-3H3. The van der Waals surface area contributed by atoms with Gasteiger partial charge in [0.2, 0.25) is 0 Å². The summed E-state index contributed by atoms with van der Waals surface area (Å²) >= 11 is 6.27. The Balaban J connectivity index is 2.04. The number of nitrogens with zero attached hydrogens (tertiary/aromatic N) is 3. The van der Waals surface area contributed by atoms with Crippen LogP contribution in [0.4, 0.5) is 0 Å². The first-order chi connectivity index (χ1) is 10.1. The SMILES string of the molecule is CCCN1CCOC(C(=O)Cc2c(Cl)c(C)nn2CC)C1. The first kappa shape index (κ1) is 16.5. The quantitative estimate of drug-likeness (QED) is 0.807. The van der Waals surface area contributed by atoms with Gasteiger partial charge in [0.15, 0.2) is 5.78 Å². The summed E-state index contributed by atoms with van der Waals surface area (Å²) in [5.74, 6) is 0.0901.